The van der Waals surface area contributed by atoms with Gasteiger partial charge in [-0.15, -0.1) is 0 Å². The van der Waals surface area contributed by atoms with Gasteiger partial charge in [-0.3, -0.25) is 4.79 Å². The van der Waals surface area contributed by atoms with Crippen LogP contribution in [0.5, 0.6) is 0 Å². The predicted octanol–water partition coefficient (Wildman–Crippen LogP) is 3.04. The quantitative estimate of drug-likeness (QED) is 0.810. The Morgan fingerprint density at radius 1 is 1.39 bits per heavy atom. The van der Waals surface area contributed by atoms with E-state index in [1.54, 1.807) is 0 Å². The highest BCUT2D eigenvalue weighted by Gasteiger charge is 2.29. The molecule has 98 valence electrons. The first-order valence-corrected chi connectivity index (χ1v) is 6.89. The molecular formula is C15H22N2O. The first kappa shape index (κ1) is 12.9. The summed E-state index contributed by atoms with van der Waals surface area (Å²) in [6.07, 6.45) is 3.80. The third-order valence-electron chi connectivity index (χ3n) is 3.45. The molecule has 1 aliphatic carbocycles. The number of nitrogens with one attached hydrogen (secondary N) is 2. The zero-order valence-electron chi connectivity index (χ0n) is 11.2. The molecule has 0 bridgehead atoms. The first-order chi connectivity index (χ1) is 8.74. The van der Waals surface area contributed by atoms with Gasteiger partial charge < -0.3 is 10.6 Å². The maximum atomic E-state index is 11.8. The number of carbonyl (C=O) groups is 1. The fourth-order valence-corrected chi connectivity index (χ4v) is 2.28. The van der Waals surface area contributed by atoms with E-state index in [9.17, 15) is 4.79 Å². The second kappa shape index (κ2) is 5.89. The van der Waals surface area contributed by atoms with Gasteiger partial charge in [-0.2, -0.15) is 0 Å². The summed E-state index contributed by atoms with van der Waals surface area (Å²) in [4.78, 5) is 11.8. The standard InChI is InChI=1S/C15H22N2O/c1-3-14(11-8-9-11)17-13-7-5-6-12(10-13)15(18)16-4-2/h5-7,10-11,14,17H,3-4,8-9H2,1-2H3,(H,16,18). The largest absolute Gasteiger partial charge is 0.382 e. The van der Waals surface area contributed by atoms with E-state index in [-0.39, 0.29) is 5.91 Å². The van der Waals surface area contributed by atoms with Crippen LogP contribution in [0.2, 0.25) is 0 Å². The molecule has 1 fully saturated rings. The second-order valence-electron chi connectivity index (χ2n) is 4.94. The summed E-state index contributed by atoms with van der Waals surface area (Å²) in [5.41, 5.74) is 1.78. The van der Waals surface area contributed by atoms with Crippen molar-refractivity contribution in [2.45, 2.75) is 39.2 Å². The van der Waals surface area contributed by atoms with E-state index in [2.05, 4.69) is 17.6 Å². The topological polar surface area (TPSA) is 41.1 Å². The molecule has 0 spiro atoms. The molecule has 0 radical (unpaired) electrons. The summed E-state index contributed by atoms with van der Waals surface area (Å²) in [5, 5.41) is 6.37. The van der Waals surface area contributed by atoms with Gasteiger partial charge in [0.05, 0.1) is 0 Å². The normalized spacial score (nSPS) is 16.1. The van der Waals surface area contributed by atoms with E-state index in [1.807, 2.05) is 31.2 Å². The van der Waals surface area contributed by atoms with Crippen molar-refractivity contribution < 1.29 is 4.79 Å². The lowest BCUT2D eigenvalue weighted by atomic mass is 10.1. The smallest absolute Gasteiger partial charge is 0.251 e. The van der Waals surface area contributed by atoms with Gasteiger partial charge in [0.25, 0.3) is 5.91 Å². The molecule has 0 aromatic heterocycles. The van der Waals surface area contributed by atoms with Gasteiger partial charge in [-0.1, -0.05) is 13.0 Å². The number of rotatable bonds is 6. The van der Waals surface area contributed by atoms with E-state index >= 15 is 0 Å². The number of carbonyl (C=O) groups excluding carboxylic acids is 1. The Bertz CT molecular complexity index is 413. The van der Waals surface area contributed by atoms with Gasteiger partial charge in [-0.25, -0.2) is 0 Å². The lowest BCUT2D eigenvalue weighted by Crippen LogP contribution is -2.23. The molecule has 0 aliphatic heterocycles. The van der Waals surface area contributed by atoms with Gasteiger partial charge in [0.1, 0.15) is 0 Å². The van der Waals surface area contributed by atoms with Crippen LogP contribution in [-0.2, 0) is 0 Å². The molecule has 18 heavy (non-hydrogen) atoms. The van der Waals surface area contributed by atoms with Crippen molar-refractivity contribution in [3.05, 3.63) is 29.8 Å². The zero-order chi connectivity index (χ0) is 13.0. The van der Waals surface area contributed by atoms with Gasteiger partial charge in [0, 0.05) is 23.8 Å². The highest BCUT2D eigenvalue weighted by atomic mass is 16.1. The van der Waals surface area contributed by atoms with E-state index in [0.717, 1.165) is 23.6 Å². The number of anilines is 1. The Hall–Kier alpha value is -1.51. The van der Waals surface area contributed by atoms with Crippen LogP contribution in [0.25, 0.3) is 0 Å². The Labute approximate surface area is 109 Å². The number of benzene rings is 1. The third kappa shape index (κ3) is 3.25. The minimum atomic E-state index is 0.000574. The predicted molar refractivity (Wildman–Crippen MR) is 74.9 cm³/mol. The van der Waals surface area contributed by atoms with Crippen molar-refractivity contribution in [3.63, 3.8) is 0 Å². The van der Waals surface area contributed by atoms with Crippen molar-refractivity contribution in [1.29, 1.82) is 0 Å². The molecule has 3 heteroatoms. The summed E-state index contributed by atoms with van der Waals surface area (Å²) in [6.45, 7) is 4.81. The minimum absolute atomic E-state index is 0.000574. The highest BCUT2D eigenvalue weighted by Crippen LogP contribution is 2.35. The van der Waals surface area contributed by atoms with E-state index < -0.39 is 0 Å². The van der Waals surface area contributed by atoms with E-state index in [4.69, 9.17) is 0 Å². The maximum absolute atomic E-state index is 11.8. The Morgan fingerprint density at radius 3 is 2.78 bits per heavy atom. The Balaban J connectivity index is 2.04. The summed E-state index contributed by atoms with van der Waals surface area (Å²) < 4.78 is 0. The average Bonchev–Trinajstić information content (AvgIpc) is 3.21. The van der Waals surface area contributed by atoms with Crippen molar-refractivity contribution in [2.24, 2.45) is 5.92 Å². The van der Waals surface area contributed by atoms with E-state index in [1.165, 1.54) is 12.8 Å². The first-order valence-electron chi connectivity index (χ1n) is 6.89. The van der Waals surface area contributed by atoms with Crippen LogP contribution < -0.4 is 10.6 Å². The van der Waals surface area contributed by atoms with Crippen LogP contribution in [0.4, 0.5) is 5.69 Å². The van der Waals surface area contributed by atoms with Gasteiger partial charge in [0.2, 0.25) is 0 Å². The Morgan fingerprint density at radius 2 is 2.17 bits per heavy atom. The van der Waals surface area contributed by atoms with Crippen LogP contribution >= 0.6 is 0 Å². The zero-order valence-corrected chi connectivity index (χ0v) is 11.2. The lowest BCUT2D eigenvalue weighted by Gasteiger charge is -2.18. The van der Waals surface area contributed by atoms with Gasteiger partial charge >= 0.3 is 0 Å². The molecule has 1 aliphatic rings. The molecule has 2 N–H and O–H groups in total. The molecule has 2 rings (SSSR count). The summed E-state index contributed by atoms with van der Waals surface area (Å²) in [6, 6.07) is 8.32. The monoisotopic (exact) mass is 246 g/mol. The SMILES string of the molecule is CCNC(=O)c1cccc(NC(CC)C2CC2)c1. The molecule has 1 atom stereocenters. The molecule has 1 saturated carbocycles. The molecule has 0 heterocycles. The van der Waals surface area contributed by atoms with Crippen LogP contribution in [-0.4, -0.2) is 18.5 Å². The lowest BCUT2D eigenvalue weighted by molar-refractivity contribution is 0.0956. The van der Waals surface area contributed by atoms with Crippen molar-refractivity contribution >= 4 is 11.6 Å². The van der Waals surface area contributed by atoms with Gasteiger partial charge in [-0.05, 0) is 50.3 Å². The van der Waals surface area contributed by atoms with Crippen LogP contribution in [0.3, 0.4) is 0 Å². The van der Waals surface area contributed by atoms with Crippen LogP contribution in [0.1, 0.15) is 43.5 Å². The highest BCUT2D eigenvalue weighted by molar-refractivity contribution is 5.95. The molecule has 3 nitrogen and oxygen atoms in total. The van der Waals surface area contributed by atoms with Crippen LogP contribution in [0, 0.1) is 5.92 Å². The van der Waals surface area contributed by atoms with Crippen LogP contribution in [0.15, 0.2) is 24.3 Å². The van der Waals surface area contributed by atoms with E-state index in [0.29, 0.717) is 12.6 Å². The maximum Gasteiger partial charge on any atom is 0.251 e. The molecule has 0 saturated heterocycles. The molecular weight excluding hydrogens is 224 g/mol. The molecule has 1 aromatic rings. The van der Waals surface area contributed by atoms with Crippen molar-refractivity contribution in [2.75, 3.05) is 11.9 Å². The molecule has 1 amide bonds. The molecule has 1 aromatic carbocycles. The van der Waals surface area contributed by atoms with Gasteiger partial charge in [0.15, 0.2) is 0 Å². The number of hydrogen-bond donors (Lipinski definition) is 2. The Kier molecular flexibility index (Phi) is 4.24. The summed E-state index contributed by atoms with van der Waals surface area (Å²) >= 11 is 0. The molecule has 1 unspecified atom stereocenters. The summed E-state index contributed by atoms with van der Waals surface area (Å²) in [7, 11) is 0. The fraction of sp³-hybridized carbons (Fsp3) is 0.533. The number of amides is 1. The minimum Gasteiger partial charge on any atom is -0.382 e. The average molecular weight is 246 g/mol. The second-order valence-corrected chi connectivity index (χ2v) is 4.94. The fourth-order valence-electron chi connectivity index (χ4n) is 2.28. The third-order valence-corrected chi connectivity index (χ3v) is 3.45. The van der Waals surface area contributed by atoms with Crippen molar-refractivity contribution in [1.82, 2.24) is 5.32 Å². The summed E-state index contributed by atoms with van der Waals surface area (Å²) in [5.74, 6) is 0.823. The van der Waals surface area contributed by atoms with Crippen molar-refractivity contribution in [3.8, 4) is 0 Å². The number of hydrogen-bond acceptors (Lipinski definition) is 2.